The van der Waals surface area contributed by atoms with Gasteiger partial charge in [-0.2, -0.15) is 9.99 Å². The lowest BCUT2D eigenvalue weighted by molar-refractivity contribution is 0.192. The van der Waals surface area contributed by atoms with E-state index >= 15 is 0 Å². The molecule has 0 unspecified atom stereocenters. The molecule has 3 N–H and O–H groups in total. The quantitative estimate of drug-likeness (QED) is 0.603. The lowest BCUT2D eigenvalue weighted by atomic mass is 10.2. The van der Waals surface area contributed by atoms with Crippen LogP contribution in [0.2, 0.25) is 0 Å². The highest BCUT2D eigenvalue weighted by atomic mass is 79.9. The van der Waals surface area contributed by atoms with Crippen LogP contribution in [0.4, 0.5) is 0 Å². The van der Waals surface area contributed by atoms with Gasteiger partial charge in [-0.15, -0.1) is 0 Å². The molecule has 0 bridgehead atoms. The Morgan fingerprint density at radius 2 is 2.43 bits per heavy atom. The smallest absolute Gasteiger partial charge is 0.161 e. The molecule has 2 rings (SSSR count). The van der Waals surface area contributed by atoms with E-state index in [9.17, 15) is 5.21 Å². The molecule has 0 aliphatic rings. The Balaban J connectivity index is 3.11. The highest BCUT2D eigenvalue weighted by Gasteiger charge is 2.13. The van der Waals surface area contributed by atoms with E-state index in [4.69, 9.17) is 10.7 Å². The molecule has 6 nitrogen and oxygen atoms in total. The van der Waals surface area contributed by atoms with Crippen molar-refractivity contribution >= 4 is 27.0 Å². The predicted molar refractivity (Wildman–Crippen MR) is 49.5 cm³/mol. The summed E-state index contributed by atoms with van der Waals surface area (Å²) in [7, 11) is 0. The molecular weight excluding hydrogens is 250 g/mol. The number of nitrogens with zero attached hydrogens (tertiary/aromatic N) is 3. The van der Waals surface area contributed by atoms with Crippen LogP contribution in [0.1, 0.15) is 5.56 Å². The van der Waals surface area contributed by atoms with Gasteiger partial charge in [0, 0.05) is 0 Å². The second-order valence-electron chi connectivity index (χ2n) is 2.59. The van der Waals surface area contributed by atoms with Gasteiger partial charge in [0.25, 0.3) is 0 Å². The van der Waals surface area contributed by atoms with Crippen molar-refractivity contribution in [1.82, 2.24) is 14.7 Å². The van der Waals surface area contributed by atoms with E-state index in [1.807, 2.05) is 6.07 Å². The van der Waals surface area contributed by atoms with Gasteiger partial charge in [0.05, 0.1) is 10.9 Å². The van der Waals surface area contributed by atoms with Gasteiger partial charge < -0.3 is 10.2 Å². The topological polar surface area (TPSA) is 101 Å². The summed E-state index contributed by atoms with van der Waals surface area (Å²) in [5.41, 5.74) is 0.484. The van der Waals surface area contributed by atoms with Crippen molar-refractivity contribution < 1.29 is 5.21 Å². The molecule has 0 saturated heterocycles. The van der Waals surface area contributed by atoms with Crippen molar-refractivity contribution in [2.45, 2.75) is 0 Å². The minimum atomic E-state index is -0.0520. The van der Waals surface area contributed by atoms with Gasteiger partial charge in [-0.25, -0.2) is 4.98 Å². The molecule has 0 aliphatic carbocycles. The number of hydrogen-bond acceptors (Lipinski definition) is 4. The molecule has 0 fully saturated rings. The van der Waals surface area contributed by atoms with Crippen molar-refractivity contribution in [3.63, 3.8) is 0 Å². The minimum Gasteiger partial charge on any atom is -0.425 e. The van der Waals surface area contributed by atoms with Crippen molar-refractivity contribution in [2.75, 3.05) is 0 Å². The number of rotatable bonds is 0. The predicted octanol–water partition coefficient (Wildman–Crippen LogP) is 0.715. The number of aromatic amines is 1. The second kappa shape index (κ2) is 2.85. The van der Waals surface area contributed by atoms with Crippen LogP contribution in [0, 0.1) is 16.7 Å². The fourth-order valence-corrected chi connectivity index (χ4v) is 1.67. The van der Waals surface area contributed by atoms with Crippen LogP contribution in [-0.2, 0) is 0 Å². The maximum absolute atomic E-state index is 9.34. The third-order valence-corrected chi connectivity index (χ3v) is 2.40. The van der Waals surface area contributed by atoms with Crippen molar-refractivity contribution in [3.8, 4) is 6.07 Å². The molecule has 0 saturated carbocycles. The molecule has 0 aromatic carbocycles. The molecule has 0 radical (unpaired) electrons. The van der Waals surface area contributed by atoms with E-state index in [0.29, 0.717) is 9.99 Å². The minimum absolute atomic E-state index is 0.0520. The van der Waals surface area contributed by atoms with Gasteiger partial charge in [-0.3, -0.25) is 5.41 Å². The third-order valence-electron chi connectivity index (χ3n) is 1.81. The van der Waals surface area contributed by atoms with E-state index in [-0.39, 0.29) is 16.7 Å². The molecule has 0 spiro atoms. The highest BCUT2D eigenvalue weighted by molar-refractivity contribution is 9.10. The molecular formula is C7H4BrN5O. The standard InChI is InChI=1S/C7H4BrN5O/c8-5-3(1-9)4-6(10)11-2-13(14)7(4)12-5/h2,10,12,14H. The third kappa shape index (κ3) is 1.01. The van der Waals surface area contributed by atoms with Crippen LogP contribution >= 0.6 is 15.9 Å². The summed E-state index contributed by atoms with van der Waals surface area (Å²) in [4.78, 5) is 6.35. The van der Waals surface area contributed by atoms with Gasteiger partial charge >= 0.3 is 0 Å². The normalized spacial score (nSPS) is 10.3. The number of aromatic nitrogens is 3. The highest BCUT2D eigenvalue weighted by Crippen LogP contribution is 2.21. The zero-order chi connectivity index (χ0) is 10.3. The molecule has 0 aliphatic heterocycles. The molecule has 14 heavy (non-hydrogen) atoms. The van der Waals surface area contributed by atoms with Gasteiger partial charge in [0.15, 0.2) is 11.1 Å². The van der Waals surface area contributed by atoms with Crippen molar-refractivity contribution in [1.29, 1.82) is 10.7 Å². The molecule has 0 atom stereocenters. The van der Waals surface area contributed by atoms with Crippen LogP contribution in [0.5, 0.6) is 0 Å². The summed E-state index contributed by atoms with van der Waals surface area (Å²) in [6.07, 6.45) is 1.09. The summed E-state index contributed by atoms with van der Waals surface area (Å²) < 4.78 is 1.17. The average molecular weight is 254 g/mol. The second-order valence-corrected chi connectivity index (χ2v) is 3.38. The Hall–Kier alpha value is -1.81. The summed E-state index contributed by atoms with van der Waals surface area (Å²) in [6.45, 7) is 0. The number of nitrogens with one attached hydrogen (secondary N) is 2. The summed E-state index contributed by atoms with van der Waals surface area (Å²) in [6, 6.07) is 1.92. The van der Waals surface area contributed by atoms with E-state index < -0.39 is 0 Å². The fraction of sp³-hybridized carbons (Fsp3) is 0. The van der Waals surface area contributed by atoms with Crippen LogP contribution < -0.4 is 5.49 Å². The van der Waals surface area contributed by atoms with Gasteiger partial charge in [0.1, 0.15) is 17.0 Å². The number of nitriles is 1. The summed E-state index contributed by atoms with van der Waals surface area (Å²) >= 11 is 3.12. The summed E-state index contributed by atoms with van der Waals surface area (Å²) in [5, 5.41) is 25.9. The summed E-state index contributed by atoms with van der Waals surface area (Å²) in [5.74, 6) is 0. The Kier molecular flexibility index (Phi) is 1.79. The maximum Gasteiger partial charge on any atom is 0.161 e. The van der Waals surface area contributed by atoms with Gasteiger partial charge in [-0.05, 0) is 15.9 Å². The monoisotopic (exact) mass is 253 g/mol. The first-order valence-corrected chi connectivity index (χ1v) is 4.37. The van der Waals surface area contributed by atoms with E-state index in [2.05, 4.69) is 25.9 Å². The Morgan fingerprint density at radius 1 is 1.71 bits per heavy atom. The molecule has 0 amide bonds. The Labute approximate surface area is 86.0 Å². The van der Waals surface area contributed by atoms with Crippen LogP contribution in [0.15, 0.2) is 10.9 Å². The zero-order valence-corrected chi connectivity index (χ0v) is 8.33. The lowest BCUT2D eigenvalue weighted by Crippen LogP contribution is -2.10. The zero-order valence-electron chi connectivity index (χ0n) is 6.74. The van der Waals surface area contributed by atoms with E-state index in [0.717, 1.165) is 11.1 Å². The van der Waals surface area contributed by atoms with Crippen LogP contribution in [0.3, 0.4) is 0 Å². The maximum atomic E-state index is 9.34. The average Bonchev–Trinajstić information content (AvgIpc) is 2.50. The first-order valence-electron chi connectivity index (χ1n) is 3.58. The molecule has 70 valence electrons. The largest absolute Gasteiger partial charge is 0.425 e. The van der Waals surface area contributed by atoms with Gasteiger partial charge in [0.2, 0.25) is 0 Å². The number of halogens is 1. The van der Waals surface area contributed by atoms with E-state index in [1.165, 1.54) is 0 Å². The Morgan fingerprint density at radius 3 is 3.07 bits per heavy atom. The molecule has 7 heteroatoms. The lowest BCUT2D eigenvalue weighted by Gasteiger charge is -1.96. The number of H-pyrrole nitrogens is 1. The fourth-order valence-electron chi connectivity index (χ4n) is 1.20. The Bertz CT molecular complexity index is 605. The molecule has 2 heterocycles. The molecule has 2 aromatic heterocycles. The van der Waals surface area contributed by atoms with Crippen LogP contribution in [0.25, 0.3) is 11.0 Å². The van der Waals surface area contributed by atoms with Crippen molar-refractivity contribution in [2.24, 2.45) is 0 Å². The van der Waals surface area contributed by atoms with Gasteiger partial charge in [-0.1, -0.05) is 0 Å². The molecule has 2 aromatic rings. The number of fused-ring (bicyclic) bond motifs is 1. The first-order chi connectivity index (χ1) is 6.65. The van der Waals surface area contributed by atoms with Crippen LogP contribution in [-0.4, -0.2) is 19.9 Å². The number of hydrogen-bond donors (Lipinski definition) is 3. The first kappa shape index (κ1) is 8.77. The van der Waals surface area contributed by atoms with E-state index in [1.54, 1.807) is 0 Å². The van der Waals surface area contributed by atoms with Crippen molar-refractivity contribution in [3.05, 3.63) is 22.0 Å². The SMILES string of the molecule is N#Cc1c(Br)[nH]c2c1c(=N)ncn2O.